The summed E-state index contributed by atoms with van der Waals surface area (Å²) in [6.45, 7) is 0. The molecule has 1 rings (SSSR count). The number of hydrogen-bond donors (Lipinski definition) is 2. The molecule has 3 amide bonds. The van der Waals surface area contributed by atoms with Gasteiger partial charge < -0.3 is 11.5 Å². The van der Waals surface area contributed by atoms with Crippen LogP contribution >= 0.6 is 0 Å². The third-order valence-electron chi connectivity index (χ3n) is 1.54. The van der Waals surface area contributed by atoms with Gasteiger partial charge >= 0.3 is 6.03 Å². The van der Waals surface area contributed by atoms with E-state index in [2.05, 4.69) is 0 Å². The Morgan fingerprint density at radius 3 is 2.45 bits per heavy atom. The first-order chi connectivity index (χ1) is 5.13. The summed E-state index contributed by atoms with van der Waals surface area (Å²) < 4.78 is 0. The van der Waals surface area contributed by atoms with E-state index in [-0.39, 0.29) is 0 Å². The van der Waals surface area contributed by atoms with E-state index in [1.165, 1.54) is 6.20 Å². The predicted molar refractivity (Wildman–Crippen MR) is 38.2 cm³/mol. The molecule has 0 fully saturated rings. The third kappa shape index (κ3) is 1.31. The highest BCUT2D eigenvalue weighted by Crippen LogP contribution is 2.12. The zero-order chi connectivity index (χ0) is 8.43. The average Bonchev–Trinajstić information content (AvgIpc) is 2.32. The molecule has 0 aromatic carbocycles. The normalized spacial score (nSPS) is 22.2. The van der Waals surface area contributed by atoms with Crippen molar-refractivity contribution >= 4 is 11.9 Å². The quantitative estimate of drug-likeness (QED) is 0.515. The van der Waals surface area contributed by atoms with Crippen molar-refractivity contribution in [2.24, 2.45) is 11.5 Å². The fourth-order valence-corrected chi connectivity index (χ4v) is 1.00. The highest BCUT2D eigenvalue weighted by atomic mass is 16.2. The van der Waals surface area contributed by atoms with Crippen LogP contribution in [-0.2, 0) is 4.79 Å². The molecule has 0 aromatic rings. The molecule has 0 aliphatic carbocycles. The summed E-state index contributed by atoms with van der Waals surface area (Å²) in [6.07, 6.45) is 3.61. The number of primary amides is 2. The lowest BCUT2D eigenvalue weighted by Gasteiger charge is -2.17. The number of urea groups is 1. The van der Waals surface area contributed by atoms with E-state index in [9.17, 15) is 9.59 Å². The monoisotopic (exact) mass is 155 g/mol. The molecule has 0 bridgehead atoms. The summed E-state index contributed by atoms with van der Waals surface area (Å²) in [4.78, 5) is 22.4. The largest absolute Gasteiger partial charge is 0.368 e. The van der Waals surface area contributed by atoms with Crippen LogP contribution in [0.5, 0.6) is 0 Å². The Kier molecular flexibility index (Phi) is 1.80. The Morgan fingerprint density at radius 2 is 2.09 bits per heavy atom. The van der Waals surface area contributed by atoms with Gasteiger partial charge in [0.2, 0.25) is 5.91 Å². The van der Waals surface area contributed by atoms with Gasteiger partial charge in [-0.05, 0) is 6.42 Å². The standard InChI is InChI=1S/C6H9N3O2/c7-5(10)4-2-1-3-9(4)6(8)11/h1,3-4H,2H2,(H2,7,10)(H2,8,11). The van der Waals surface area contributed by atoms with Crippen molar-refractivity contribution in [1.29, 1.82) is 0 Å². The Bertz CT molecular complexity index is 224. The second-order valence-corrected chi connectivity index (χ2v) is 2.28. The maximum atomic E-state index is 10.6. The summed E-state index contributed by atoms with van der Waals surface area (Å²) in [5, 5.41) is 0. The first-order valence-electron chi connectivity index (χ1n) is 3.16. The second kappa shape index (κ2) is 2.61. The van der Waals surface area contributed by atoms with Crippen molar-refractivity contribution < 1.29 is 9.59 Å². The molecule has 0 saturated heterocycles. The lowest BCUT2D eigenvalue weighted by Crippen LogP contribution is -2.44. The Hall–Kier alpha value is -1.52. The number of carbonyl (C=O) groups excluding carboxylic acids is 2. The Morgan fingerprint density at radius 1 is 1.45 bits per heavy atom. The first-order valence-corrected chi connectivity index (χ1v) is 3.16. The van der Waals surface area contributed by atoms with Gasteiger partial charge in [0, 0.05) is 6.20 Å². The number of amides is 3. The van der Waals surface area contributed by atoms with Crippen LogP contribution < -0.4 is 11.5 Å². The fourth-order valence-electron chi connectivity index (χ4n) is 1.00. The average molecular weight is 155 g/mol. The molecule has 11 heavy (non-hydrogen) atoms. The molecule has 0 spiro atoms. The lowest BCUT2D eigenvalue weighted by atomic mass is 10.2. The van der Waals surface area contributed by atoms with Crippen LogP contribution in [0.15, 0.2) is 12.3 Å². The minimum Gasteiger partial charge on any atom is -0.368 e. The maximum absolute atomic E-state index is 10.6. The van der Waals surface area contributed by atoms with Crippen molar-refractivity contribution in [2.45, 2.75) is 12.5 Å². The van der Waals surface area contributed by atoms with Crippen molar-refractivity contribution in [3.8, 4) is 0 Å². The minimum absolute atomic E-state index is 0.457. The topological polar surface area (TPSA) is 89.4 Å². The molecule has 0 saturated carbocycles. The predicted octanol–water partition coefficient (Wildman–Crippen LogP) is -0.862. The molecule has 5 nitrogen and oxygen atoms in total. The molecule has 1 aliphatic heterocycles. The summed E-state index contributed by atoms with van der Waals surface area (Å²) in [5.74, 6) is -0.534. The number of rotatable bonds is 1. The molecule has 5 heteroatoms. The van der Waals surface area contributed by atoms with E-state index in [4.69, 9.17) is 11.5 Å². The lowest BCUT2D eigenvalue weighted by molar-refractivity contribution is -0.121. The summed E-state index contributed by atoms with van der Waals surface area (Å²) in [6, 6.07) is -1.24. The van der Waals surface area contributed by atoms with Crippen LogP contribution in [0, 0.1) is 0 Å². The number of hydrogen-bond acceptors (Lipinski definition) is 2. The third-order valence-corrected chi connectivity index (χ3v) is 1.54. The van der Waals surface area contributed by atoms with Gasteiger partial charge in [0.25, 0.3) is 0 Å². The van der Waals surface area contributed by atoms with Gasteiger partial charge in [-0.15, -0.1) is 0 Å². The molecule has 1 aliphatic rings. The number of carbonyl (C=O) groups is 2. The van der Waals surface area contributed by atoms with Crippen LogP contribution in [0.4, 0.5) is 4.79 Å². The number of nitrogens with two attached hydrogens (primary N) is 2. The van der Waals surface area contributed by atoms with Gasteiger partial charge in [-0.25, -0.2) is 4.79 Å². The smallest absolute Gasteiger partial charge is 0.319 e. The van der Waals surface area contributed by atoms with Gasteiger partial charge in [0.15, 0.2) is 0 Å². The molecule has 1 heterocycles. The zero-order valence-electron chi connectivity index (χ0n) is 5.86. The number of nitrogens with zero attached hydrogens (tertiary/aromatic N) is 1. The summed E-state index contributed by atoms with van der Waals surface area (Å²) in [7, 11) is 0. The van der Waals surface area contributed by atoms with Crippen LogP contribution in [0.1, 0.15) is 6.42 Å². The Balaban J connectivity index is 2.71. The highest BCUT2D eigenvalue weighted by Gasteiger charge is 2.27. The van der Waals surface area contributed by atoms with Gasteiger partial charge in [-0.1, -0.05) is 6.08 Å². The van der Waals surface area contributed by atoms with E-state index in [1.54, 1.807) is 6.08 Å². The Labute approximate surface area is 63.6 Å². The van der Waals surface area contributed by atoms with Gasteiger partial charge in [0.1, 0.15) is 6.04 Å². The van der Waals surface area contributed by atoms with E-state index in [0.29, 0.717) is 6.42 Å². The molecule has 1 atom stereocenters. The minimum atomic E-state index is -0.650. The second-order valence-electron chi connectivity index (χ2n) is 2.28. The first kappa shape index (κ1) is 7.59. The van der Waals surface area contributed by atoms with Gasteiger partial charge in [-0.3, -0.25) is 9.69 Å². The molecule has 4 N–H and O–H groups in total. The van der Waals surface area contributed by atoms with Crippen LogP contribution in [0.2, 0.25) is 0 Å². The van der Waals surface area contributed by atoms with Crippen LogP contribution in [0.25, 0.3) is 0 Å². The SMILES string of the molecule is NC(=O)C1CC=CN1C(N)=O. The fraction of sp³-hybridized carbons (Fsp3) is 0.333. The molecular weight excluding hydrogens is 146 g/mol. The summed E-state index contributed by atoms with van der Waals surface area (Å²) in [5.41, 5.74) is 9.95. The van der Waals surface area contributed by atoms with E-state index in [0.717, 1.165) is 4.90 Å². The van der Waals surface area contributed by atoms with Gasteiger partial charge in [0.05, 0.1) is 0 Å². The molecule has 0 aromatic heterocycles. The van der Waals surface area contributed by atoms with E-state index < -0.39 is 18.0 Å². The van der Waals surface area contributed by atoms with Crippen molar-refractivity contribution in [3.63, 3.8) is 0 Å². The van der Waals surface area contributed by atoms with Crippen LogP contribution in [-0.4, -0.2) is 22.9 Å². The van der Waals surface area contributed by atoms with Gasteiger partial charge in [-0.2, -0.15) is 0 Å². The van der Waals surface area contributed by atoms with Crippen molar-refractivity contribution in [2.75, 3.05) is 0 Å². The van der Waals surface area contributed by atoms with Crippen molar-refractivity contribution in [1.82, 2.24) is 4.90 Å². The highest BCUT2D eigenvalue weighted by molar-refractivity contribution is 5.86. The van der Waals surface area contributed by atoms with Crippen molar-refractivity contribution in [3.05, 3.63) is 12.3 Å². The van der Waals surface area contributed by atoms with E-state index in [1.807, 2.05) is 0 Å². The molecule has 60 valence electrons. The molecular formula is C6H9N3O2. The zero-order valence-corrected chi connectivity index (χ0v) is 5.86. The molecule has 0 radical (unpaired) electrons. The molecule has 1 unspecified atom stereocenters. The maximum Gasteiger partial charge on any atom is 0.319 e. The van der Waals surface area contributed by atoms with Crippen LogP contribution in [0.3, 0.4) is 0 Å². The van der Waals surface area contributed by atoms with E-state index >= 15 is 0 Å². The summed E-state index contributed by atoms with van der Waals surface area (Å²) >= 11 is 0.